The molecule has 5 nitrogen and oxygen atoms in total. The molecule has 0 aromatic heterocycles. The molecule has 0 saturated carbocycles. The Hall–Kier alpha value is -1.60. The number of piperazine rings is 1. The van der Waals surface area contributed by atoms with E-state index in [1.165, 1.54) is 29.1 Å². The molecule has 25 heavy (non-hydrogen) atoms. The van der Waals surface area contributed by atoms with Crippen molar-refractivity contribution < 1.29 is 14.3 Å². The third kappa shape index (κ3) is 4.95. The fourth-order valence-corrected chi connectivity index (χ4v) is 3.68. The number of carbonyl (C=O) groups excluding carboxylic acids is 2. The molecule has 0 radical (unpaired) electrons. The summed E-state index contributed by atoms with van der Waals surface area (Å²) in [6.07, 6.45) is 6.06. The summed E-state index contributed by atoms with van der Waals surface area (Å²) < 4.78 is 5.65. The first kappa shape index (κ1) is 19.7. The number of carbonyl (C=O) groups is 2. The van der Waals surface area contributed by atoms with E-state index in [9.17, 15) is 9.59 Å². The highest BCUT2D eigenvalue weighted by Crippen LogP contribution is 2.29. The van der Waals surface area contributed by atoms with Crippen LogP contribution in [0.2, 0.25) is 0 Å². The van der Waals surface area contributed by atoms with Gasteiger partial charge in [0.15, 0.2) is 10.2 Å². The van der Waals surface area contributed by atoms with Crippen molar-refractivity contribution in [1.82, 2.24) is 10.6 Å². The van der Waals surface area contributed by atoms with E-state index in [0.717, 1.165) is 11.3 Å². The Morgan fingerprint density at radius 3 is 2.48 bits per heavy atom. The van der Waals surface area contributed by atoms with Crippen molar-refractivity contribution in [3.63, 3.8) is 0 Å². The molecule has 136 valence electrons. The molecule has 2 atom stereocenters. The number of hydrogen-bond acceptors (Lipinski definition) is 5. The Morgan fingerprint density at radius 1 is 1.24 bits per heavy atom. The van der Waals surface area contributed by atoms with Crippen molar-refractivity contribution in [1.29, 1.82) is 0 Å². The number of amides is 2. The quantitative estimate of drug-likeness (QED) is 0.712. The van der Waals surface area contributed by atoms with Gasteiger partial charge in [0.25, 0.3) is 11.8 Å². The zero-order valence-corrected chi connectivity index (χ0v) is 16.6. The Bertz CT molecular complexity index is 657. The standard InChI is InChI=1S/C18H24N2O3S2/c1-12(2)9-10-23-14-7-5-13(6-8-14)11-18(25-4)17(22)19-16(24-3)15(21)20-18/h5-9,16H,10-11H2,1-4H3,(H,19,22)(H,20,21). The minimum atomic E-state index is -0.978. The van der Waals surface area contributed by atoms with E-state index in [1.54, 1.807) is 6.26 Å². The van der Waals surface area contributed by atoms with Crippen molar-refractivity contribution >= 4 is 35.3 Å². The maximum Gasteiger partial charge on any atom is 0.257 e. The fourth-order valence-electron chi connectivity index (χ4n) is 2.42. The van der Waals surface area contributed by atoms with Crippen LogP contribution >= 0.6 is 23.5 Å². The predicted molar refractivity (Wildman–Crippen MR) is 105 cm³/mol. The Balaban J connectivity index is 2.07. The maximum absolute atomic E-state index is 12.5. The molecule has 1 aliphatic rings. The summed E-state index contributed by atoms with van der Waals surface area (Å²) in [7, 11) is 0. The Morgan fingerprint density at radius 2 is 1.92 bits per heavy atom. The normalized spacial score (nSPS) is 22.8. The lowest BCUT2D eigenvalue weighted by atomic mass is 10.0. The number of ether oxygens (including phenoxy) is 1. The molecule has 1 heterocycles. The first-order valence-electron chi connectivity index (χ1n) is 7.96. The van der Waals surface area contributed by atoms with Crippen molar-refractivity contribution in [2.45, 2.75) is 30.5 Å². The van der Waals surface area contributed by atoms with Crippen LogP contribution < -0.4 is 15.4 Å². The average Bonchev–Trinajstić information content (AvgIpc) is 2.59. The lowest BCUT2D eigenvalue weighted by Crippen LogP contribution is -2.67. The third-order valence-electron chi connectivity index (χ3n) is 3.89. The highest BCUT2D eigenvalue weighted by Gasteiger charge is 2.46. The molecule has 7 heteroatoms. The highest BCUT2D eigenvalue weighted by molar-refractivity contribution is 8.01. The van der Waals surface area contributed by atoms with Crippen molar-refractivity contribution in [2.75, 3.05) is 19.1 Å². The zero-order valence-electron chi connectivity index (χ0n) is 14.9. The van der Waals surface area contributed by atoms with Crippen LogP contribution in [0.15, 0.2) is 35.9 Å². The minimum Gasteiger partial charge on any atom is -0.490 e. The van der Waals surface area contributed by atoms with Crippen molar-refractivity contribution in [2.24, 2.45) is 0 Å². The predicted octanol–water partition coefficient (Wildman–Crippen LogP) is 2.57. The number of nitrogens with one attached hydrogen (secondary N) is 2. The van der Waals surface area contributed by atoms with Crippen molar-refractivity contribution in [3.8, 4) is 5.75 Å². The van der Waals surface area contributed by atoms with Crippen LogP contribution in [0, 0.1) is 0 Å². The van der Waals surface area contributed by atoms with E-state index in [-0.39, 0.29) is 11.8 Å². The summed E-state index contributed by atoms with van der Waals surface area (Å²) in [5.41, 5.74) is 2.17. The number of benzene rings is 1. The van der Waals surface area contributed by atoms with Gasteiger partial charge in [-0.2, -0.15) is 0 Å². The maximum atomic E-state index is 12.5. The van der Waals surface area contributed by atoms with Crippen LogP contribution in [0.1, 0.15) is 19.4 Å². The topological polar surface area (TPSA) is 67.4 Å². The number of thioether (sulfide) groups is 2. The molecule has 2 unspecified atom stereocenters. The lowest BCUT2D eigenvalue weighted by Gasteiger charge is -2.38. The molecule has 1 aromatic carbocycles. The minimum absolute atomic E-state index is 0.164. The van der Waals surface area contributed by atoms with Gasteiger partial charge < -0.3 is 15.4 Å². The smallest absolute Gasteiger partial charge is 0.257 e. The number of rotatable bonds is 7. The summed E-state index contributed by atoms with van der Waals surface area (Å²) in [5, 5.41) is 5.15. The van der Waals surface area contributed by atoms with Gasteiger partial charge in [-0.1, -0.05) is 17.7 Å². The third-order valence-corrected chi connectivity index (χ3v) is 5.83. The summed E-state index contributed by atoms with van der Waals surface area (Å²) in [5.74, 6) is 0.449. The van der Waals surface area contributed by atoms with Gasteiger partial charge in [0, 0.05) is 6.42 Å². The van der Waals surface area contributed by atoms with E-state index in [0.29, 0.717) is 13.0 Å². The van der Waals surface area contributed by atoms with Crippen LogP contribution in [0.25, 0.3) is 0 Å². The molecule has 2 amide bonds. The molecule has 2 N–H and O–H groups in total. The molecule has 2 rings (SSSR count). The monoisotopic (exact) mass is 380 g/mol. The highest BCUT2D eigenvalue weighted by atomic mass is 32.2. The van der Waals surface area contributed by atoms with Gasteiger partial charge in [0.1, 0.15) is 12.4 Å². The largest absolute Gasteiger partial charge is 0.490 e. The second-order valence-electron chi connectivity index (χ2n) is 6.02. The lowest BCUT2D eigenvalue weighted by molar-refractivity contribution is -0.135. The fraction of sp³-hybridized carbons (Fsp3) is 0.444. The molecule has 0 bridgehead atoms. The number of hydrogen-bond donors (Lipinski definition) is 2. The van der Waals surface area contributed by atoms with E-state index in [1.807, 2.05) is 50.4 Å². The Kier molecular flexibility index (Phi) is 6.84. The van der Waals surface area contributed by atoms with Crippen LogP contribution in [0.5, 0.6) is 5.75 Å². The first-order valence-corrected chi connectivity index (χ1v) is 10.5. The molecular weight excluding hydrogens is 356 g/mol. The van der Waals surface area contributed by atoms with E-state index < -0.39 is 10.2 Å². The summed E-state index contributed by atoms with van der Waals surface area (Å²) in [6, 6.07) is 7.62. The van der Waals surface area contributed by atoms with Crippen LogP contribution in [0.4, 0.5) is 0 Å². The number of allylic oxidation sites excluding steroid dienone is 1. The van der Waals surface area contributed by atoms with Gasteiger partial charge >= 0.3 is 0 Å². The molecule has 1 fully saturated rings. The van der Waals surface area contributed by atoms with Gasteiger partial charge in [-0.05, 0) is 50.1 Å². The van der Waals surface area contributed by atoms with Gasteiger partial charge in [0.05, 0.1) is 0 Å². The molecule has 0 spiro atoms. The molecule has 1 aromatic rings. The van der Waals surface area contributed by atoms with E-state index in [2.05, 4.69) is 10.6 Å². The molecule has 0 aliphatic carbocycles. The van der Waals surface area contributed by atoms with E-state index >= 15 is 0 Å². The van der Waals surface area contributed by atoms with Gasteiger partial charge in [-0.15, -0.1) is 23.5 Å². The van der Waals surface area contributed by atoms with Crippen LogP contribution in [0.3, 0.4) is 0 Å². The van der Waals surface area contributed by atoms with Crippen LogP contribution in [-0.2, 0) is 16.0 Å². The summed E-state index contributed by atoms with van der Waals surface area (Å²) in [4.78, 5) is 23.7. The SMILES string of the molecule is CSC1NC(=O)C(Cc2ccc(OCC=C(C)C)cc2)(SC)NC1=O. The van der Waals surface area contributed by atoms with E-state index in [4.69, 9.17) is 4.74 Å². The molecule has 1 saturated heterocycles. The summed E-state index contributed by atoms with van der Waals surface area (Å²) >= 11 is 2.65. The zero-order chi connectivity index (χ0) is 18.4. The van der Waals surface area contributed by atoms with Crippen LogP contribution in [-0.4, -0.2) is 41.2 Å². The Labute approximate surface area is 157 Å². The average molecular weight is 381 g/mol. The van der Waals surface area contributed by atoms with Gasteiger partial charge in [-0.25, -0.2) is 0 Å². The second kappa shape index (κ2) is 8.67. The summed E-state index contributed by atoms with van der Waals surface area (Å²) in [6.45, 7) is 4.59. The molecular formula is C18H24N2O3S2. The first-order chi connectivity index (χ1) is 11.9. The van der Waals surface area contributed by atoms with Crippen molar-refractivity contribution in [3.05, 3.63) is 41.5 Å². The second-order valence-corrected chi connectivity index (χ2v) is 8.07. The molecule has 1 aliphatic heterocycles. The van der Waals surface area contributed by atoms with Gasteiger partial charge in [0.2, 0.25) is 0 Å². The van der Waals surface area contributed by atoms with Gasteiger partial charge in [-0.3, -0.25) is 9.59 Å².